The molecule has 17 heavy (non-hydrogen) atoms. The van der Waals surface area contributed by atoms with Crippen molar-refractivity contribution in [3.63, 3.8) is 0 Å². The van der Waals surface area contributed by atoms with Crippen molar-refractivity contribution < 1.29 is 0 Å². The Bertz CT molecular complexity index is 518. The van der Waals surface area contributed by atoms with E-state index in [9.17, 15) is 0 Å². The minimum Gasteiger partial charge on any atom is -0.314 e. The van der Waals surface area contributed by atoms with E-state index in [0.29, 0.717) is 5.02 Å². The van der Waals surface area contributed by atoms with Crippen LogP contribution in [0.4, 0.5) is 0 Å². The Morgan fingerprint density at radius 1 is 1.24 bits per heavy atom. The SMILES string of the molecule is Clc1ccc2nnc(CN3CCNCC3)n2c1. The molecule has 0 bridgehead atoms. The van der Waals surface area contributed by atoms with Crippen molar-refractivity contribution in [1.29, 1.82) is 0 Å². The van der Waals surface area contributed by atoms with Gasteiger partial charge in [-0.3, -0.25) is 9.30 Å². The second kappa shape index (κ2) is 4.60. The van der Waals surface area contributed by atoms with Crippen LogP contribution in [-0.4, -0.2) is 45.7 Å². The quantitative estimate of drug-likeness (QED) is 0.857. The van der Waals surface area contributed by atoms with Gasteiger partial charge in [-0.05, 0) is 12.1 Å². The number of halogens is 1. The molecule has 90 valence electrons. The van der Waals surface area contributed by atoms with Crippen molar-refractivity contribution in [3.05, 3.63) is 29.2 Å². The van der Waals surface area contributed by atoms with Gasteiger partial charge in [-0.15, -0.1) is 10.2 Å². The van der Waals surface area contributed by atoms with Crippen LogP contribution in [0.25, 0.3) is 5.65 Å². The topological polar surface area (TPSA) is 45.5 Å². The molecule has 0 aliphatic carbocycles. The van der Waals surface area contributed by atoms with Crippen LogP contribution in [0.15, 0.2) is 18.3 Å². The Morgan fingerprint density at radius 3 is 2.88 bits per heavy atom. The highest BCUT2D eigenvalue weighted by molar-refractivity contribution is 6.30. The molecule has 0 aromatic carbocycles. The van der Waals surface area contributed by atoms with Crippen molar-refractivity contribution in [1.82, 2.24) is 24.8 Å². The molecule has 3 rings (SSSR count). The summed E-state index contributed by atoms with van der Waals surface area (Å²) >= 11 is 5.99. The van der Waals surface area contributed by atoms with Crippen LogP contribution in [-0.2, 0) is 6.54 Å². The molecule has 1 fully saturated rings. The summed E-state index contributed by atoms with van der Waals surface area (Å²) < 4.78 is 1.96. The monoisotopic (exact) mass is 251 g/mol. The van der Waals surface area contributed by atoms with Crippen LogP contribution in [0.5, 0.6) is 0 Å². The summed E-state index contributed by atoms with van der Waals surface area (Å²) in [7, 11) is 0. The van der Waals surface area contributed by atoms with Crippen molar-refractivity contribution in [2.75, 3.05) is 26.2 Å². The largest absolute Gasteiger partial charge is 0.314 e. The van der Waals surface area contributed by atoms with Crippen molar-refractivity contribution in [3.8, 4) is 0 Å². The summed E-state index contributed by atoms with van der Waals surface area (Å²) in [4.78, 5) is 2.37. The molecule has 0 saturated carbocycles. The van der Waals surface area contributed by atoms with Gasteiger partial charge in [0, 0.05) is 32.4 Å². The second-order valence-corrected chi connectivity index (χ2v) is 4.65. The maximum atomic E-state index is 5.99. The highest BCUT2D eigenvalue weighted by Crippen LogP contribution is 2.12. The Labute approximate surface area is 104 Å². The fourth-order valence-corrected chi connectivity index (χ4v) is 2.25. The third kappa shape index (κ3) is 2.26. The van der Waals surface area contributed by atoms with E-state index in [1.54, 1.807) is 0 Å². The summed E-state index contributed by atoms with van der Waals surface area (Å²) in [6.07, 6.45) is 1.87. The lowest BCUT2D eigenvalue weighted by atomic mass is 10.3. The Morgan fingerprint density at radius 2 is 2.06 bits per heavy atom. The number of aromatic nitrogens is 3. The fourth-order valence-electron chi connectivity index (χ4n) is 2.09. The van der Waals surface area contributed by atoms with Crippen molar-refractivity contribution in [2.45, 2.75) is 6.54 Å². The maximum absolute atomic E-state index is 5.99. The lowest BCUT2D eigenvalue weighted by molar-refractivity contribution is 0.227. The van der Waals surface area contributed by atoms with Gasteiger partial charge in [0.1, 0.15) is 0 Å². The van der Waals surface area contributed by atoms with Crippen LogP contribution in [0.3, 0.4) is 0 Å². The zero-order chi connectivity index (χ0) is 11.7. The molecule has 0 spiro atoms. The number of fused-ring (bicyclic) bond motifs is 1. The molecule has 0 radical (unpaired) electrons. The van der Waals surface area contributed by atoms with Gasteiger partial charge in [-0.25, -0.2) is 0 Å². The fraction of sp³-hybridized carbons (Fsp3) is 0.455. The molecule has 1 aliphatic heterocycles. The number of hydrogen-bond donors (Lipinski definition) is 1. The van der Waals surface area contributed by atoms with Crippen molar-refractivity contribution >= 4 is 17.2 Å². The summed E-state index contributed by atoms with van der Waals surface area (Å²) in [6, 6.07) is 3.72. The van der Waals surface area contributed by atoms with Gasteiger partial charge in [0.05, 0.1) is 11.6 Å². The van der Waals surface area contributed by atoms with E-state index in [1.165, 1.54) is 0 Å². The summed E-state index contributed by atoms with van der Waals surface area (Å²) in [5, 5.41) is 12.4. The third-order valence-electron chi connectivity index (χ3n) is 3.01. The maximum Gasteiger partial charge on any atom is 0.160 e. The lowest BCUT2D eigenvalue weighted by Gasteiger charge is -2.26. The van der Waals surface area contributed by atoms with Gasteiger partial charge in [-0.1, -0.05) is 11.6 Å². The smallest absolute Gasteiger partial charge is 0.160 e. The van der Waals surface area contributed by atoms with E-state index < -0.39 is 0 Å². The zero-order valence-corrected chi connectivity index (χ0v) is 10.2. The number of nitrogens with one attached hydrogen (secondary N) is 1. The van der Waals surface area contributed by atoms with Crippen LogP contribution in [0.2, 0.25) is 5.02 Å². The predicted octanol–water partition coefficient (Wildman–Crippen LogP) is 0.788. The van der Waals surface area contributed by atoms with E-state index in [1.807, 2.05) is 22.7 Å². The van der Waals surface area contributed by atoms with E-state index in [-0.39, 0.29) is 0 Å². The van der Waals surface area contributed by atoms with Gasteiger partial charge in [-0.2, -0.15) is 0 Å². The van der Waals surface area contributed by atoms with E-state index in [4.69, 9.17) is 11.6 Å². The summed E-state index contributed by atoms with van der Waals surface area (Å²) in [5.74, 6) is 0.949. The molecule has 1 aliphatic rings. The Kier molecular flexibility index (Phi) is 2.96. The van der Waals surface area contributed by atoms with Crippen LogP contribution in [0, 0.1) is 0 Å². The van der Waals surface area contributed by atoms with E-state index >= 15 is 0 Å². The van der Waals surface area contributed by atoms with Gasteiger partial charge in [0.2, 0.25) is 0 Å². The molecule has 0 amide bonds. The average molecular weight is 252 g/mol. The Hall–Kier alpha value is -1.17. The van der Waals surface area contributed by atoms with Crippen LogP contribution < -0.4 is 5.32 Å². The number of rotatable bonds is 2. The molecule has 6 heteroatoms. The zero-order valence-electron chi connectivity index (χ0n) is 9.43. The third-order valence-corrected chi connectivity index (χ3v) is 3.24. The molecule has 1 N–H and O–H groups in total. The van der Waals surface area contributed by atoms with E-state index in [0.717, 1.165) is 44.2 Å². The minimum absolute atomic E-state index is 0.707. The standard InChI is InChI=1S/C11H14ClN5/c12-9-1-2-10-14-15-11(17(10)7-9)8-16-5-3-13-4-6-16/h1-2,7,13H,3-6,8H2. The second-order valence-electron chi connectivity index (χ2n) is 4.22. The first-order chi connectivity index (χ1) is 8.33. The number of piperazine rings is 1. The van der Waals surface area contributed by atoms with Crippen molar-refractivity contribution in [2.24, 2.45) is 0 Å². The predicted molar refractivity (Wildman–Crippen MR) is 66.1 cm³/mol. The van der Waals surface area contributed by atoms with Gasteiger partial charge in [0.25, 0.3) is 0 Å². The molecule has 5 nitrogen and oxygen atoms in total. The minimum atomic E-state index is 0.707. The van der Waals surface area contributed by atoms with Gasteiger partial charge >= 0.3 is 0 Å². The summed E-state index contributed by atoms with van der Waals surface area (Å²) in [5.41, 5.74) is 0.847. The lowest BCUT2D eigenvalue weighted by Crippen LogP contribution is -2.43. The number of nitrogens with zero attached hydrogens (tertiary/aromatic N) is 4. The normalized spacial score (nSPS) is 17.7. The Balaban J connectivity index is 1.86. The molecule has 2 aromatic heterocycles. The van der Waals surface area contributed by atoms with E-state index in [2.05, 4.69) is 20.4 Å². The van der Waals surface area contributed by atoms with Crippen LogP contribution in [0.1, 0.15) is 5.82 Å². The summed E-state index contributed by atoms with van der Waals surface area (Å²) in [6.45, 7) is 5.00. The van der Waals surface area contributed by atoms with Gasteiger partial charge in [0.15, 0.2) is 11.5 Å². The number of hydrogen-bond acceptors (Lipinski definition) is 4. The molecular weight excluding hydrogens is 238 g/mol. The van der Waals surface area contributed by atoms with Gasteiger partial charge < -0.3 is 5.32 Å². The molecule has 0 atom stereocenters. The first kappa shape index (κ1) is 11.0. The molecule has 0 unspecified atom stereocenters. The molecule has 2 aromatic rings. The highest BCUT2D eigenvalue weighted by atomic mass is 35.5. The first-order valence-corrected chi connectivity index (χ1v) is 6.13. The highest BCUT2D eigenvalue weighted by Gasteiger charge is 2.13. The molecular formula is C11H14ClN5. The first-order valence-electron chi connectivity index (χ1n) is 5.75. The van der Waals surface area contributed by atoms with Crippen LogP contribution >= 0.6 is 11.6 Å². The number of pyridine rings is 1. The molecule has 3 heterocycles. The average Bonchev–Trinajstić information content (AvgIpc) is 2.73. The molecule has 1 saturated heterocycles.